The molecule has 0 amide bonds. The maximum Gasteiger partial charge on any atom is 0 e. The SMILES string of the molecule is [Cr].c1ccc2c(c1)CCCC2. The van der Waals surface area contributed by atoms with Crippen LogP contribution < -0.4 is 0 Å². The van der Waals surface area contributed by atoms with Gasteiger partial charge in [-0.2, -0.15) is 0 Å². The predicted octanol–water partition coefficient (Wildman–Crippen LogP) is 2.56. The van der Waals surface area contributed by atoms with E-state index in [1.165, 1.54) is 25.7 Å². The summed E-state index contributed by atoms with van der Waals surface area (Å²) in [4.78, 5) is 0. The minimum atomic E-state index is 0. The average Bonchev–Trinajstić information content (AvgIpc) is 2.05. The van der Waals surface area contributed by atoms with Gasteiger partial charge in [0, 0.05) is 17.4 Å². The van der Waals surface area contributed by atoms with Crippen LogP contribution in [0.25, 0.3) is 0 Å². The Morgan fingerprint density at radius 1 is 0.818 bits per heavy atom. The minimum absolute atomic E-state index is 0. The van der Waals surface area contributed by atoms with Crippen molar-refractivity contribution in [1.82, 2.24) is 0 Å². The summed E-state index contributed by atoms with van der Waals surface area (Å²) in [6, 6.07) is 8.80. The molecule has 0 unspecified atom stereocenters. The molecule has 11 heavy (non-hydrogen) atoms. The molecule has 0 aromatic heterocycles. The van der Waals surface area contributed by atoms with Crippen LogP contribution in [0.4, 0.5) is 0 Å². The number of hydrogen-bond donors (Lipinski definition) is 0. The third kappa shape index (κ3) is 1.86. The van der Waals surface area contributed by atoms with Crippen LogP contribution in [0.5, 0.6) is 0 Å². The zero-order chi connectivity index (χ0) is 6.81. The van der Waals surface area contributed by atoms with E-state index in [9.17, 15) is 0 Å². The molecule has 1 aromatic rings. The second-order valence-electron chi connectivity index (χ2n) is 2.98. The van der Waals surface area contributed by atoms with Crippen molar-refractivity contribution in [3.63, 3.8) is 0 Å². The summed E-state index contributed by atoms with van der Waals surface area (Å²) in [5, 5.41) is 0. The van der Waals surface area contributed by atoms with Crippen LogP contribution >= 0.6 is 0 Å². The summed E-state index contributed by atoms with van der Waals surface area (Å²) in [7, 11) is 0. The Morgan fingerprint density at radius 3 is 1.73 bits per heavy atom. The number of hydrogen-bond acceptors (Lipinski definition) is 0. The maximum atomic E-state index is 2.26. The van der Waals surface area contributed by atoms with E-state index in [0.717, 1.165) is 0 Å². The normalized spacial score (nSPS) is 14.9. The second-order valence-corrected chi connectivity index (χ2v) is 2.98. The average molecular weight is 184 g/mol. The molecule has 1 aliphatic carbocycles. The van der Waals surface area contributed by atoms with E-state index < -0.39 is 0 Å². The maximum absolute atomic E-state index is 2.26. The fraction of sp³-hybridized carbons (Fsp3) is 0.400. The molecule has 2 rings (SSSR count). The fourth-order valence-electron chi connectivity index (χ4n) is 1.68. The molecule has 0 nitrogen and oxygen atoms in total. The van der Waals surface area contributed by atoms with E-state index in [1.54, 1.807) is 11.1 Å². The van der Waals surface area contributed by atoms with Gasteiger partial charge in [0.1, 0.15) is 0 Å². The van der Waals surface area contributed by atoms with Crippen LogP contribution in [-0.4, -0.2) is 0 Å². The third-order valence-electron chi connectivity index (χ3n) is 2.26. The Morgan fingerprint density at radius 2 is 1.27 bits per heavy atom. The summed E-state index contributed by atoms with van der Waals surface area (Å²) >= 11 is 0. The van der Waals surface area contributed by atoms with Gasteiger partial charge in [-0.05, 0) is 36.8 Å². The molecule has 58 valence electrons. The van der Waals surface area contributed by atoms with Crippen molar-refractivity contribution in [1.29, 1.82) is 0 Å². The van der Waals surface area contributed by atoms with Crippen LogP contribution in [0, 0.1) is 0 Å². The molecule has 0 heterocycles. The van der Waals surface area contributed by atoms with Gasteiger partial charge in [0.25, 0.3) is 0 Å². The molecule has 1 aliphatic rings. The van der Waals surface area contributed by atoms with E-state index in [0.29, 0.717) is 0 Å². The van der Waals surface area contributed by atoms with Crippen molar-refractivity contribution in [2.24, 2.45) is 0 Å². The minimum Gasteiger partial charge on any atom is -0.0620 e. The van der Waals surface area contributed by atoms with Crippen LogP contribution in [0.3, 0.4) is 0 Å². The molecule has 0 radical (unpaired) electrons. The topological polar surface area (TPSA) is 0 Å². The second kappa shape index (κ2) is 3.95. The van der Waals surface area contributed by atoms with E-state index in [-0.39, 0.29) is 17.4 Å². The van der Waals surface area contributed by atoms with E-state index in [1.807, 2.05) is 0 Å². The van der Waals surface area contributed by atoms with Gasteiger partial charge in [0.2, 0.25) is 0 Å². The number of aryl methyl sites for hydroxylation is 2. The Bertz CT molecular complexity index is 205. The first-order valence-electron chi connectivity index (χ1n) is 4.03. The summed E-state index contributed by atoms with van der Waals surface area (Å²) in [6.07, 6.45) is 5.38. The van der Waals surface area contributed by atoms with Crippen LogP contribution in [0.1, 0.15) is 24.0 Å². The Kier molecular flexibility index (Phi) is 3.18. The van der Waals surface area contributed by atoms with Crippen molar-refractivity contribution < 1.29 is 17.4 Å². The Labute approximate surface area is 78.8 Å². The molecule has 0 saturated carbocycles. The summed E-state index contributed by atoms with van der Waals surface area (Å²) in [5.41, 5.74) is 3.16. The molecule has 0 atom stereocenters. The van der Waals surface area contributed by atoms with E-state index in [4.69, 9.17) is 0 Å². The van der Waals surface area contributed by atoms with Gasteiger partial charge in [0.15, 0.2) is 0 Å². The van der Waals surface area contributed by atoms with Crippen LogP contribution in [0.15, 0.2) is 24.3 Å². The largest absolute Gasteiger partial charge is 0.0620 e. The summed E-state index contributed by atoms with van der Waals surface area (Å²) in [6.45, 7) is 0. The number of rotatable bonds is 0. The molecule has 0 saturated heterocycles. The van der Waals surface area contributed by atoms with Crippen molar-refractivity contribution in [3.8, 4) is 0 Å². The first-order chi connectivity index (χ1) is 4.97. The van der Waals surface area contributed by atoms with Gasteiger partial charge in [-0.15, -0.1) is 0 Å². The summed E-state index contributed by atoms with van der Waals surface area (Å²) < 4.78 is 0. The van der Waals surface area contributed by atoms with Gasteiger partial charge in [-0.1, -0.05) is 24.3 Å². The molecular weight excluding hydrogens is 172 g/mol. The monoisotopic (exact) mass is 184 g/mol. The number of fused-ring (bicyclic) bond motifs is 1. The first kappa shape index (κ1) is 8.85. The molecule has 1 aromatic carbocycles. The van der Waals surface area contributed by atoms with Crippen molar-refractivity contribution in [3.05, 3.63) is 35.4 Å². The Balaban J connectivity index is 0.000000605. The van der Waals surface area contributed by atoms with E-state index in [2.05, 4.69) is 24.3 Å². The van der Waals surface area contributed by atoms with Gasteiger partial charge in [-0.25, -0.2) is 0 Å². The standard InChI is InChI=1S/C10H12.Cr/c1-2-6-10-8-4-3-7-9(10)5-1;/h1-2,5-6H,3-4,7-8H2;. The van der Waals surface area contributed by atoms with Crippen LogP contribution in [-0.2, 0) is 30.2 Å². The van der Waals surface area contributed by atoms with Crippen LogP contribution in [0.2, 0.25) is 0 Å². The number of benzene rings is 1. The molecule has 1 heteroatoms. The summed E-state index contributed by atoms with van der Waals surface area (Å²) in [5.74, 6) is 0. The predicted molar refractivity (Wildman–Crippen MR) is 43.1 cm³/mol. The van der Waals surface area contributed by atoms with Gasteiger partial charge >= 0.3 is 0 Å². The molecular formula is C10H12Cr. The van der Waals surface area contributed by atoms with Crippen molar-refractivity contribution >= 4 is 0 Å². The molecule has 0 fully saturated rings. The van der Waals surface area contributed by atoms with Gasteiger partial charge in [-0.3, -0.25) is 0 Å². The fourth-order valence-corrected chi connectivity index (χ4v) is 1.68. The van der Waals surface area contributed by atoms with Crippen molar-refractivity contribution in [2.75, 3.05) is 0 Å². The smallest absolute Gasteiger partial charge is 0 e. The van der Waals surface area contributed by atoms with Gasteiger partial charge < -0.3 is 0 Å². The Hall–Kier alpha value is -0.248. The zero-order valence-electron chi connectivity index (χ0n) is 6.55. The van der Waals surface area contributed by atoms with E-state index >= 15 is 0 Å². The third-order valence-corrected chi connectivity index (χ3v) is 2.26. The van der Waals surface area contributed by atoms with Crippen molar-refractivity contribution in [2.45, 2.75) is 25.7 Å². The molecule has 0 spiro atoms. The molecule has 0 bridgehead atoms. The van der Waals surface area contributed by atoms with Gasteiger partial charge in [0.05, 0.1) is 0 Å². The first-order valence-corrected chi connectivity index (χ1v) is 4.03. The quantitative estimate of drug-likeness (QED) is 0.581. The zero-order valence-corrected chi connectivity index (χ0v) is 7.82. The molecule has 0 N–H and O–H groups in total. The molecule has 0 aliphatic heterocycles.